The summed E-state index contributed by atoms with van der Waals surface area (Å²) in [5.41, 5.74) is -2.83. The van der Waals surface area contributed by atoms with E-state index in [1.807, 2.05) is 13.8 Å². The van der Waals surface area contributed by atoms with E-state index in [1.54, 1.807) is 20.8 Å². The van der Waals surface area contributed by atoms with Gasteiger partial charge < -0.3 is 23.7 Å². The molecule has 43 heavy (non-hydrogen) atoms. The lowest BCUT2D eigenvalue weighted by Gasteiger charge is -2.44. The van der Waals surface area contributed by atoms with Gasteiger partial charge in [-0.15, -0.1) is 0 Å². The number of carbonyl (C=O) groups is 5. The molecule has 9 unspecified atom stereocenters. The van der Waals surface area contributed by atoms with Gasteiger partial charge in [-0.2, -0.15) is 0 Å². The van der Waals surface area contributed by atoms with Crippen LogP contribution in [0.1, 0.15) is 112 Å². The van der Waals surface area contributed by atoms with Crippen LogP contribution in [0.15, 0.2) is 0 Å². The number of esters is 5. The molecule has 4 aliphatic carbocycles. The quantitative estimate of drug-likeness (QED) is 0.225. The molecule has 6 aliphatic rings. The van der Waals surface area contributed by atoms with Crippen molar-refractivity contribution in [3.63, 3.8) is 0 Å². The van der Waals surface area contributed by atoms with Gasteiger partial charge in [-0.1, -0.05) is 20.8 Å². The minimum Gasteiger partial charge on any atom is -0.463 e. The summed E-state index contributed by atoms with van der Waals surface area (Å²) in [6, 6.07) is 0. The average molecular weight is 605 g/mol. The van der Waals surface area contributed by atoms with Gasteiger partial charge >= 0.3 is 29.8 Å². The van der Waals surface area contributed by atoms with Gasteiger partial charge in [0.25, 0.3) is 0 Å². The number of rotatable bonds is 12. The van der Waals surface area contributed by atoms with Crippen LogP contribution in [0.2, 0.25) is 0 Å². The topological polar surface area (TPSA) is 132 Å². The van der Waals surface area contributed by atoms with E-state index in [9.17, 15) is 24.0 Å². The van der Waals surface area contributed by atoms with Gasteiger partial charge in [0.15, 0.2) is 0 Å². The fourth-order valence-corrected chi connectivity index (χ4v) is 8.40. The van der Waals surface area contributed by atoms with Gasteiger partial charge in [-0.3, -0.25) is 19.2 Å². The summed E-state index contributed by atoms with van der Waals surface area (Å²) in [5, 5.41) is 0. The summed E-state index contributed by atoms with van der Waals surface area (Å²) in [4.78, 5) is 65.7. The second kappa shape index (κ2) is 12.0. The van der Waals surface area contributed by atoms with E-state index in [2.05, 4.69) is 0 Å². The first-order valence-corrected chi connectivity index (χ1v) is 16.4. The maximum atomic E-state index is 13.8. The second-order valence-electron chi connectivity index (χ2n) is 14.4. The molecule has 0 radical (unpaired) electrons. The van der Waals surface area contributed by atoms with Crippen LogP contribution < -0.4 is 0 Å². The maximum Gasteiger partial charge on any atom is 0.347 e. The van der Waals surface area contributed by atoms with E-state index in [4.69, 9.17) is 23.7 Å². The van der Waals surface area contributed by atoms with Crippen molar-refractivity contribution < 1.29 is 47.7 Å². The highest BCUT2D eigenvalue weighted by molar-refractivity contribution is 5.85. The standard InChI is InChI=1S/C33H48O10/c1-6-31(4,30(38)43-33(7-2)13-8-9-14-33)18-32(5,29(37)40-23-12-15-39-28(23)36)17-19(3)26(34)41-24-20-10-11-21-22(16-20)27(35)42-25(21)24/h19-25H,6-18H2,1-5H3. The average Bonchev–Trinajstić information content (AvgIpc) is 3.69. The molecule has 0 spiro atoms. The van der Waals surface area contributed by atoms with Gasteiger partial charge in [0.05, 0.1) is 29.3 Å². The molecule has 9 atom stereocenters. The van der Waals surface area contributed by atoms with Crippen LogP contribution in [0.25, 0.3) is 0 Å². The molecule has 0 N–H and O–H groups in total. The number of ether oxygens (including phenoxy) is 5. The third-order valence-corrected chi connectivity index (χ3v) is 11.3. The number of hydrogen-bond donors (Lipinski definition) is 0. The predicted octanol–water partition coefficient (Wildman–Crippen LogP) is 4.83. The van der Waals surface area contributed by atoms with E-state index >= 15 is 0 Å². The zero-order valence-electron chi connectivity index (χ0n) is 26.3. The highest BCUT2D eigenvalue weighted by atomic mass is 16.6. The van der Waals surface area contributed by atoms with Crippen molar-refractivity contribution in [2.24, 2.45) is 34.5 Å². The van der Waals surface area contributed by atoms with Crippen LogP contribution in [0, 0.1) is 34.5 Å². The summed E-state index contributed by atoms with van der Waals surface area (Å²) >= 11 is 0. The Morgan fingerprint density at radius 1 is 0.977 bits per heavy atom. The molecule has 4 bridgehead atoms. The van der Waals surface area contributed by atoms with Crippen molar-refractivity contribution in [1.29, 1.82) is 0 Å². The van der Waals surface area contributed by atoms with E-state index in [0.29, 0.717) is 12.8 Å². The number of hydrogen-bond acceptors (Lipinski definition) is 10. The fraction of sp³-hybridized carbons (Fsp3) is 0.848. The molecule has 6 rings (SSSR count). The van der Waals surface area contributed by atoms with Crippen LogP contribution in [-0.4, -0.2) is 60.4 Å². The van der Waals surface area contributed by atoms with Crippen LogP contribution in [0.5, 0.6) is 0 Å². The third kappa shape index (κ3) is 6.04. The third-order valence-electron chi connectivity index (χ3n) is 11.3. The predicted molar refractivity (Wildman–Crippen MR) is 152 cm³/mol. The van der Waals surface area contributed by atoms with E-state index in [-0.39, 0.29) is 55.6 Å². The molecule has 2 aliphatic heterocycles. The van der Waals surface area contributed by atoms with Crippen LogP contribution >= 0.6 is 0 Å². The van der Waals surface area contributed by atoms with Crippen molar-refractivity contribution in [1.82, 2.24) is 0 Å². The first-order valence-electron chi connectivity index (χ1n) is 16.4. The largest absolute Gasteiger partial charge is 0.463 e. The van der Waals surface area contributed by atoms with Crippen LogP contribution in [-0.2, 0) is 47.7 Å². The first-order chi connectivity index (χ1) is 20.3. The lowest BCUT2D eigenvalue weighted by molar-refractivity contribution is -0.182. The number of carbonyl (C=O) groups excluding carboxylic acids is 5. The second-order valence-corrected chi connectivity index (χ2v) is 14.4. The Bertz CT molecular complexity index is 1130. The van der Waals surface area contributed by atoms with Gasteiger partial charge in [0.2, 0.25) is 6.10 Å². The monoisotopic (exact) mass is 604 g/mol. The van der Waals surface area contributed by atoms with Crippen LogP contribution in [0.3, 0.4) is 0 Å². The molecular formula is C33H48O10. The van der Waals surface area contributed by atoms with E-state index in [0.717, 1.165) is 44.9 Å². The van der Waals surface area contributed by atoms with Crippen molar-refractivity contribution in [2.45, 2.75) is 136 Å². The molecule has 0 aromatic rings. The lowest BCUT2D eigenvalue weighted by Crippen LogP contribution is -2.51. The first kappa shape index (κ1) is 31.8. The summed E-state index contributed by atoms with van der Waals surface area (Å²) in [7, 11) is 0. The number of cyclic esters (lactones) is 1. The molecule has 0 amide bonds. The Morgan fingerprint density at radius 3 is 2.33 bits per heavy atom. The zero-order valence-corrected chi connectivity index (χ0v) is 26.3. The highest BCUT2D eigenvalue weighted by Crippen LogP contribution is 2.52. The van der Waals surface area contributed by atoms with Crippen molar-refractivity contribution >= 4 is 29.8 Å². The normalized spacial score (nSPS) is 34.0. The Kier molecular flexibility index (Phi) is 8.89. The SMILES string of the molecule is CCC1(OC(=O)C(C)(CC)CC(C)(CC(C)C(=O)OC2C3CCC4C(C3)C(=O)OC42)C(=O)OC2CCOC2=O)CCCC1. The van der Waals surface area contributed by atoms with Gasteiger partial charge in [0.1, 0.15) is 17.8 Å². The molecule has 2 saturated heterocycles. The Hall–Kier alpha value is -2.65. The van der Waals surface area contributed by atoms with Crippen LogP contribution in [0.4, 0.5) is 0 Å². The molecule has 240 valence electrons. The summed E-state index contributed by atoms with van der Waals surface area (Å²) in [6.07, 6.45) is 5.71. The van der Waals surface area contributed by atoms with Gasteiger partial charge in [-0.05, 0) is 84.5 Å². The molecule has 10 nitrogen and oxygen atoms in total. The minimum atomic E-state index is -1.31. The summed E-state index contributed by atoms with van der Waals surface area (Å²) in [5.74, 6) is -2.94. The smallest absolute Gasteiger partial charge is 0.347 e. The summed E-state index contributed by atoms with van der Waals surface area (Å²) in [6.45, 7) is 9.29. The van der Waals surface area contributed by atoms with E-state index < -0.39 is 58.6 Å². The molecular weight excluding hydrogens is 556 g/mol. The van der Waals surface area contributed by atoms with Gasteiger partial charge in [-0.25, -0.2) is 4.79 Å². The maximum absolute atomic E-state index is 13.8. The molecule has 0 aromatic heterocycles. The van der Waals surface area contributed by atoms with E-state index in [1.165, 1.54) is 0 Å². The molecule has 4 saturated carbocycles. The molecule has 2 heterocycles. The lowest BCUT2D eigenvalue weighted by atomic mass is 9.63. The Balaban J connectivity index is 1.33. The fourth-order valence-electron chi connectivity index (χ4n) is 8.40. The van der Waals surface area contributed by atoms with Crippen molar-refractivity contribution in [3.8, 4) is 0 Å². The minimum absolute atomic E-state index is 0.0438. The van der Waals surface area contributed by atoms with Gasteiger partial charge in [0, 0.05) is 18.3 Å². The molecule has 10 heteroatoms. The number of fused-ring (bicyclic) bond motifs is 1. The van der Waals surface area contributed by atoms with Crippen molar-refractivity contribution in [3.05, 3.63) is 0 Å². The highest BCUT2D eigenvalue weighted by Gasteiger charge is 2.60. The Morgan fingerprint density at radius 2 is 1.70 bits per heavy atom. The molecule has 6 fully saturated rings. The molecule has 0 aromatic carbocycles. The summed E-state index contributed by atoms with van der Waals surface area (Å²) < 4.78 is 28.5. The zero-order chi connectivity index (χ0) is 31.2. The van der Waals surface area contributed by atoms with Crippen molar-refractivity contribution in [2.75, 3.05) is 6.61 Å². The Labute approximate surface area is 254 Å².